The lowest BCUT2D eigenvalue weighted by molar-refractivity contribution is 0.0761. The van der Waals surface area contributed by atoms with Gasteiger partial charge in [0, 0.05) is 44.3 Å². The lowest BCUT2D eigenvalue weighted by Crippen LogP contribution is -2.35. The largest absolute Gasteiger partial charge is 0.337 e. The van der Waals surface area contributed by atoms with Gasteiger partial charge in [-0.2, -0.15) is 5.10 Å². The number of rotatable bonds is 5. The van der Waals surface area contributed by atoms with E-state index in [0.29, 0.717) is 25.2 Å². The topological polar surface area (TPSA) is 54.3 Å². The second kappa shape index (κ2) is 9.50. The zero-order chi connectivity index (χ0) is 22.6. The molecule has 4 aromatic rings. The first-order chi connectivity index (χ1) is 16.2. The average Bonchev–Trinajstić information content (AvgIpc) is 3.09. The summed E-state index contributed by atoms with van der Waals surface area (Å²) < 4.78 is 15.0. The number of nitrogens with zero attached hydrogens (tertiary/aromatic N) is 5. The molecule has 5 rings (SSSR count). The van der Waals surface area contributed by atoms with Gasteiger partial charge in [0.1, 0.15) is 5.82 Å². The molecule has 1 aliphatic rings. The molecule has 1 aliphatic heterocycles. The lowest BCUT2D eigenvalue weighted by Gasteiger charge is -2.22. The number of fused-ring (bicyclic) bond motifs is 1. The third-order valence-corrected chi connectivity index (χ3v) is 6.09. The van der Waals surface area contributed by atoms with Crippen molar-refractivity contribution in [3.05, 3.63) is 95.6 Å². The maximum absolute atomic E-state index is 13.2. The lowest BCUT2D eigenvalue weighted by atomic mass is 10.2. The normalized spacial score (nSPS) is 15.0. The summed E-state index contributed by atoms with van der Waals surface area (Å²) in [6.45, 7) is 4.46. The van der Waals surface area contributed by atoms with Gasteiger partial charge < -0.3 is 4.90 Å². The van der Waals surface area contributed by atoms with Gasteiger partial charge in [0.2, 0.25) is 0 Å². The van der Waals surface area contributed by atoms with E-state index in [-0.39, 0.29) is 11.7 Å². The van der Waals surface area contributed by atoms with Crippen LogP contribution in [-0.4, -0.2) is 56.7 Å². The number of pyridine rings is 1. The number of amides is 1. The van der Waals surface area contributed by atoms with Crippen LogP contribution in [-0.2, 0) is 13.1 Å². The highest BCUT2D eigenvalue weighted by atomic mass is 19.1. The Morgan fingerprint density at radius 3 is 2.48 bits per heavy atom. The molecule has 1 fully saturated rings. The summed E-state index contributed by atoms with van der Waals surface area (Å²) in [5, 5.41) is 5.34. The number of hydrogen-bond acceptors (Lipinski definition) is 4. The molecule has 2 aromatic carbocycles. The minimum atomic E-state index is -0.220. The highest BCUT2D eigenvalue weighted by Gasteiger charge is 2.21. The van der Waals surface area contributed by atoms with E-state index in [2.05, 4.69) is 27.1 Å². The molecular formula is C26H26FN5O. The number of hydrogen-bond donors (Lipinski definition) is 0. The Hall–Kier alpha value is -3.58. The molecule has 0 radical (unpaired) electrons. The van der Waals surface area contributed by atoms with Crippen LogP contribution in [0.1, 0.15) is 27.9 Å². The molecule has 0 atom stereocenters. The molecule has 3 heterocycles. The zero-order valence-corrected chi connectivity index (χ0v) is 18.4. The SMILES string of the molecule is O=C(c1cnc2c(cnn2Cc2ccccc2)c1)N1CCCN(Cc2ccc(F)cc2)CC1. The summed E-state index contributed by atoms with van der Waals surface area (Å²) in [7, 11) is 0. The summed E-state index contributed by atoms with van der Waals surface area (Å²) >= 11 is 0. The number of carbonyl (C=O) groups is 1. The van der Waals surface area contributed by atoms with Gasteiger partial charge >= 0.3 is 0 Å². The first-order valence-electron chi connectivity index (χ1n) is 11.3. The fraction of sp³-hybridized carbons (Fsp3) is 0.269. The molecule has 1 amide bonds. The van der Waals surface area contributed by atoms with Crippen LogP contribution >= 0.6 is 0 Å². The van der Waals surface area contributed by atoms with Gasteiger partial charge in [-0.25, -0.2) is 14.1 Å². The van der Waals surface area contributed by atoms with Crippen molar-refractivity contribution in [1.82, 2.24) is 24.6 Å². The van der Waals surface area contributed by atoms with Crippen molar-refractivity contribution < 1.29 is 9.18 Å². The minimum Gasteiger partial charge on any atom is -0.337 e. The molecule has 2 aromatic heterocycles. The fourth-order valence-electron chi connectivity index (χ4n) is 4.32. The van der Waals surface area contributed by atoms with Crippen molar-refractivity contribution in [3.8, 4) is 0 Å². The van der Waals surface area contributed by atoms with E-state index in [1.807, 2.05) is 46.0 Å². The summed E-state index contributed by atoms with van der Waals surface area (Å²) in [4.78, 5) is 22.0. The second-order valence-electron chi connectivity index (χ2n) is 8.47. The molecule has 0 bridgehead atoms. The number of carbonyl (C=O) groups excluding carboxylic acids is 1. The first-order valence-corrected chi connectivity index (χ1v) is 11.3. The first kappa shape index (κ1) is 21.3. The van der Waals surface area contributed by atoms with Crippen molar-refractivity contribution >= 4 is 16.9 Å². The third kappa shape index (κ3) is 4.93. The molecule has 1 saturated heterocycles. The van der Waals surface area contributed by atoms with Gasteiger partial charge in [0.05, 0.1) is 18.3 Å². The standard InChI is InChI=1S/C26H26FN5O/c27-24-9-7-21(8-10-24)18-30-11-4-12-31(14-13-30)26(33)23-15-22-17-29-32(25(22)28-16-23)19-20-5-2-1-3-6-20/h1-3,5-10,15-17H,4,11-14,18-19H2. The van der Waals surface area contributed by atoms with Crippen molar-refractivity contribution in [3.63, 3.8) is 0 Å². The van der Waals surface area contributed by atoms with E-state index in [0.717, 1.165) is 48.2 Å². The average molecular weight is 444 g/mol. The molecule has 0 saturated carbocycles. The van der Waals surface area contributed by atoms with E-state index in [1.54, 1.807) is 12.4 Å². The van der Waals surface area contributed by atoms with E-state index in [4.69, 9.17) is 0 Å². The second-order valence-corrected chi connectivity index (χ2v) is 8.47. The molecule has 33 heavy (non-hydrogen) atoms. The Labute approximate surface area is 192 Å². The van der Waals surface area contributed by atoms with Crippen LogP contribution in [0.25, 0.3) is 11.0 Å². The number of aromatic nitrogens is 3. The monoisotopic (exact) mass is 443 g/mol. The molecular weight excluding hydrogens is 417 g/mol. The number of benzene rings is 2. The van der Waals surface area contributed by atoms with Crippen LogP contribution in [0.4, 0.5) is 4.39 Å². The summed E-state index contributed by atoms with van der Waals surface area (Å²) in [6, 6.07) is 18.6. The van der Waals surface area contributed by atoms with Gasteiger partial charge in [-0.05, 0) is 35.7 Å². The summed E-state index contributed by atoms with van der Waals surface area (Å²) in [6.07, 6.45) is 4.33. The molecule has 6 nitrogen and oxygen atoms in total. The molecule has 0 spiro atoms. The van der Waals surface area contributed by atoms with Crippen LogP contribution in [0, 0.1) is 5.82 Å². The molecule has 0 aliphatic carbocycles. The Balaban J connectivity index is 1.25. The maximum Gasteiger partial charge on any atom is 0.255 e. The Kier molecular flexibility index (Phi) is 6.13. The van der Waals surface area contributed by atoms with Gasteiger partial charge in [-0.15, -0.1) is 0 Å². The summed E-state index contributed by atoms with van der Waals surface area (Å²) in [5.41, 5.74) is 3.60. The van der Waals surface area contributed by atoms with E-state index in [1.165, 1.54) is 12.1 Å². The highest BCUT2D eigenvalue weighted by molar-refractivity contribution is 5.96. The van der Waals surface area contributed by atoms with Crippen molar-refractivity contribution in [2.45, 2.75) is 19.5 Å². The maximum atomic E-state index is 13.2. The quantitative estimate of drug-likeness (QED) is 0.469. The van der Waals surface area contributed by atoms with Crippen LogP contribution in [0.2, 0.25) is 0 Å². The van der Waals surface area contributed by atoms with Crippen LogP contribution in [0.3, 0.4) is 0 Å². The Bertz CT molecular complexity index is 1240. The Morgan fingerprint density at radius 2 is 1.67 bits per heavy atom. The van der Waals surface area contributed by atoms with Gasteiger partial charge in [-0.1, -0.05) is 42.5 Å². The van der Waals surface area contributed by atoms with Gasteiger partial charge in [-0.3, -0.25) is 9.69 Å². The predicted molar refractivity (Wildman–Crippen MR) is 125 cm³/mol. The van der Waals surface area contributed by atoms with Crippen molar-refractivity contribution in [2.24, 2.45) is 0 Å². The van der Waals surface area contributed by atoms with E-state index in [9.17, 15) is 9.18 Å². The van der Waals surface area contributed by atoms with Crippen LogP contribution < -0.4 is 0 Å². The molecule has 168 valence electrons. The zero-order valence-electron chi connectivity index (χ0n) is 18.4. The summed E-state index contributed by atoms with van der Waals surface area (Å²) in [5.74, 6) is -0.216. The minimum absolute atomic E-state index is 0.00356. The molecule has 7 heteroatoms. The van der Waals surface area contributed by atoms with Crippen LogP contribution in [0.15, 0.2) is 73.1 Å². The predicted octanol–water partition coefficient (Wildman–Crippen LogP) is 3.97. The highest BCUT2D eigenvalue weighted by Crippen LogP contribution is 2.17. The molecule has 0 unspecified atom stereocenters. The fourth-order valence-corrected chi connectivity index (χ4v) is 4.32. The van der Waals surface area contributed by atoms with E-state index < -0.39 is 0 Å². The van der Waals surface area contributed by atoms with Gasteiger partial charge in [0.15, 0.2) is 5.65 Å². The smallest absolute Gasteiger partial charge is 0.255 e. The Morgan fingerprint density at radius 1 is 0.879 bits per heavy atom. The number of halogens is 1. The van der Waals surface area contributed by atoms with E-state index >= 15 is 0 Å². The van der Waals surface area contributed by atoms with Crippen molar-refractivity contribution in [1.29, 1.82) is 0 Å². The van der Waals surface area contributed by atoms with Gasteiger partial charge in [0.25, 0.3) is 5.91 Å². The van der Waals surface area contributed by atoms with Crippen LogP contribution in [0.5, 0.6) is 0 Å². The molecule has 0 N–H and O–H groups in total. The third-order valence-electron chi connectivity index (χ3n) is 6.09. The van der Waals surface area contributed by atoms with Crippen molar-refractivity contribution in [2.75, 3.05) is 26.2 Å².